The molecule has 0 bridgehead atoms. The lowest BCUT2D eigenvalue weighted by atomic mass is 10.0. The highest BCUT2D eigenvalue weighted by molar-refractivity contribution is 6.00. The summed E-state index contributed by atoms with van der Waals surface area (Å²) in [6.45, 7) is 3.43. The van der Waals surface area contributed by atoms with Gasteiger partial charge in [0.05, 0.1) is 29.3 Å². The molecule has 0 spiro atoms. The van der Waals surface area contributed by atoms with Crippen molar-refractivity contribution >= 4 is 40.2 Å². The van der Waals surface area contributed by atoms with Gasteiger partial charge in [-0.2, -0.15) is 5.10 Å². The molecule has 0 radical (unpaired) electrons. The number of aryl methyl sites for hydroxylation is 1. The van der Waals surface area contributed by atoms with E-state index in [1.54, 1.807) is 24.3 Å². The molecule has 2 aromatic carbocycles. The van der Waals surface area contributed by atoms with Crippen LogP contribution in [0.2, 0.25) is 0 Å². The molecule has 0 unspecified atom stereocenters. The van der Waals surface area contributed by atoms with Crippen molar-refractivity contribution in [2.45, 2.75) is 25.8 Å². The minimum Gasteiger partial charge on any atom is -0.383 e. The van der Waals surface area contributed by atoms with E-state index in [1.807, 2.05) is 41.6 Å². The number of nitrogens with zero attached hydrogens (tertiary/aromatic N) is 7. The topological polar surface area (TPSA) is 140 Å². The molecule has 2 aromatic heterocycles. The quantitative estimate of drug-likeness (QED) is 0.378. The number of urea groups is 1. The number of aromatic nitrogens is 4. The SMILES string of the molecule is Cc1cccc(N(C(N)=O)c2ccc(-c3nn(C4CCN(C(=O)CN(C)C)CC4)c4ncnc(N)c34)cc2F)c1. The van der Waals surface area contributed by atoms with Crippen LogP contribution in [0.5, 0.6) is 0 Å². The Labute approximate surface area is 231 Å². The molecule has 1 aliphatic rings. The Morgan fingerprint density at radius 1 is 1.10 bits per heavy atom. The molecule has 1 saturated heterocycles. The minimum absolute atomic E-state index is 0.0181. The summed E-state index contributed by atoms with van der Waals surface area (Å²) in [5.74, 6) is -0.330. The number of likely N-dealkylation sites (N-methyl/N-ethyl adjacent to an activating group) is 1. The number of halogens is 1. The molecule has 1 fully saturated rings. The Morgan fingerprint density at radius 2 is 1.85 bits per heavy atom. The van der Waals surface area contributed by atoms with Gasteiger partial charge in [-0.25, -0.2) is 23.8 Å². The number of piperidine rings is 1. The van der Waals surface area contributed by atoms with E-state index in [0.717, 1.165) is 10.5 Å². The zero-order chi connectivity index (χ0) is 28.6. The zero-order valence-corrected chi connectivity index (χ0v) is 22.7. The number of carbonyl (C=O) groups is 2. The van der Waals surface area contributed by atoms with Crippen molar-refractivity contribution in [3.63, 3.8) is 0 Å². The number of hydrogen-bond acceptors (Lipinski definition) is 7. The average Bonchev–Trinajstić information content (AvgIpc) is 3.30. The normalized spacial score (nSPS) is 14.2. The van der Waals surface area contributed by atoms with E-state index in [-0.39, 0.29) is 23.5 Å². The summed E-state index contributed by atoms with van der Waals surface area (Å²) in [6, 6.07) is 10.7. The number of carbonyl (C=O) groups excluding carboxylic acids is 2. The van der Waals surface area contributed by atoms with Crippen LogP contribution in [0.15, 0.2) is 48.8 Å². The first kappa shape index (κ1) is 27.0. The van der Waals surface area contributed by atoms with Gasteiger partial charge in [-0.05, 0) is 63.7 Å². The molecule has 5 rings (SSSR count). The number of nitrogen functional groups attached to an aromatic ring is 1. The van der Waals surface area contributed by atoms with Crippen molar-refractivity contribution < 1.29 is 14.0 Å². The Kier molecular flexibility index (Phi) is 7.35. The third-order valence-corrected chi connectivity index (χ3v) is 7.07. The van der Waals surface area contributed by atoms with E-state index in [2.05, 4.69) is 9.97 Å². The lowest BCUT2D eigenvalue weighted by molar-refractivity contribution is -0.133. The fourth-order valence-corrected chi connectivity index (χ4v) is 5.17. The molecule has 208 valence electrons. The Hall–Kier alpha value is -4.58. The highest BCUT2D eigenvalue weighted by Gasteiger charge is 2.28. The first-order chi connectivity index (χ1) is 19.1. The van der Waals surface area contributed by atoms with Crippen molar-refractivity contribution in [2.24, 2.45) is 5.73 Å². The van der Waals surface area contributed by atoms with E-state index >= 15 is 4.39 Å². The van der Waals surface area contributed by atoms with Crippen LogP contribution in [0.25, 0.3) is 22.3 Å². The predicted octanol–water partition coefficient (Wildman–Crippen LogP) is 3.46. The van der Waals surface area contributed by atoms with Crippen molar-refractivity contribution in [3.8, 4) is 11.3 Å². The van der Waals surface area contributed by atoms with Crippen LogP contribution >= 0.6 is 0 Å². The second kappa shape index (κ2) is 10.9. The summed E-state index contributed by atoms with van der Waals surface area (Å²) in [5.41, 5.74) is 14.7. The van der Waals surface area contributed by atoms with E-state index in [9.17, 15) is 9.59 Å². The predicted molar refractivity (Wildman–Crippen MR) is 151 cm³/mol. The maximum atomic E-state index is 15.6. The van der Waals surface area contributed by atoms with E-state index in [0.29, 0.717) is 60.5 Å². The molecular weight excluding hydrogens is 513 g/mol. The number of rotatable bonds is 6. The van der Waals surface area contributed by atoms with Gasteiger partial charge in [0, 0.05) is 18.7 Å². The molecule has 1 aliphatic heterocycles. The van der Waals surface area contributed by atoms with Crippen molar-refractivity contribution in [1.82, 2.24) is 29.5 Å². The van der Waals surface area contributed by atoms with E-state index in [4.69, 9.17) is 16.6 Å². The molecule has 3 heterocycles. The lowest BCUT2D eigenvalue weighted by Gasteiger charge is -2.32. The molecule has 0 aliphatic carbocycles. The van der Waals surface area contributed by atoms with E-state index in [1.165, 1.54) is 18.5 Å². The number of anilines is 3. The van der Waals surface area contributed by atoms with Gasteiger partial charge in [0.1, 0.15) is 23.7 Å². The fourth-order valence-electron chi connectivity index (χ4n) is 5.17. The maximum Gasteiger partial charge on any atom is 0.323 e. The summed E-state index contributed by atoms with van der Waals surface area (Å²) >= 11 is 0. The first-order valence-corrected chi connectivity index (χ1v) is 13.0. The molecule has 40 heavy (non-hydrogen) atoms. The molecule has 12 heteroatoms. The van der Waals surface area contributed by atoms with Gasteiger partial charge in [0.2, 0.25) is 5.91 Å². The summed E-state index contributed by atoms with van der Waals surface area (Å²) in [5, 5.41) is 5.35. The van der Waals surface area contributed by atoms with Crippen molar-refractivity contribution in [2.75, 3.05) is 44.4 Å². The Bertz CT molecular complexity index is 1580. The maximum absolute atomic E-state index is 15.6. The van der Waals surface area contributed by atoms with Gasteiger partial charge in [-0.15, -0.1) is 0 Å². The number of hydrogen-bond donors (Lipinski definition) is 2. The average molecular weight is 546 g/mol. The summed E-state index contributed by atoms with van der Waals surface area (Å²) in [6.07, 6.45) is 2.76. The van der Waals surface area contributed by atoms with Crippen LogP contribution in [0.4, 0.5) is 26.4 Å². The molecular formula is C28H32FN9O2. The second-order valence-electron chi connectivity index (χ2n) is 10.3. The van der Waals surface area contributed by atoms with Crippen molar-refractivity contribution in [3.05, 3.63) is 60.2 Å². The third-order valence-electron chi connectivity index (χ3n) is 7.07. The number of amides is 3. The first-order valence-electron chi connectivity index (χ1n) is 13.0. The minimum atomic E-state index is -0.806. The Morgan fingerprint density at radius 3 is 2.50 bits per heavy atom. The van der Waals surface area contributed by atoms with Gasteiger partial charge in [-0.1, -0.05) is 18.2 Å². The second-order valence-corrected chi connectivity index (χ2v) is 10.3. The highest BCUT2D eigenvalue weighted by Crippen LogP contribution is 2.37. The molecule has 0 atom stereocenters. The van der Waals surface area contributed by atoms with Gasteiger partial charge in [0.25, 0.3) is 0 Å². The number of benzene rings is 2. The number of primary amides is 1. The summed E-state index contributed by atoms with van der Waals surface area (Å²) in [4.78, 5) is 38.3. The van der Waals surface area contributed by atoms with Crippen LogP contribution < -0.4 is 16.4 Å². The van der Waals surface area contributed by atoms with Gasteiger partial charge < -0.3 is 21.3 Å². The van der Waals surface area contributed by atoms with Crippen molar-refractivity contribution in [1.29, 1.82) is 0 Å². The molecule has 11 nitrogen and oxygen atoms in total. The monoisotopic (exact) mass is 545 g/mol. The zero-order valence-electron chi connectivity index (χ0n) is 22.7. The largest absolute Gasteiger partial charge is 0.383 e. The number of fused-ring (bicyclic) bond motifs is 1. The molecule has 4 aromatic rings. The van der Waals surface area contributed by atoms with Crippen LogP contribution in [0.1, 0.15) is 24.4 Å². The fraction of sp³-hybridized carbons (Fsp3) is 0.321. The highest BCUT2D eigenvalue weighted by atomic mass is 19.1. The van der Waals surface area contributed by atoms with Gasteiger partial charge in [-0.3, -0.25) is 9.69 Å². The van der Waals surface area contributed by atoms with Gasteiger partial charge in [0.15, 0.2) is 5.65 Å². The third kappa shape index (κ3) is 5.17. The Balaban J connectivity index is 1.49. The smallest absolute Gasteiger partial charge is 0.323 e. The molecule has 4 N–H and O–H groups in total. The summed E-state index contributed by atoms with van der Waals surface area (Å²) < 4.78 is 17.4. The molecule has 3 amide bonds. The van der Waals surface area contributed by atoms with Gasteiger partial charge >= 0.3 is 6.03 Å². The van der Waals surface area contributed by atoms with Crippen LogP contribution in [-0.2, 0) is 4.79 Å². The summed E-state index contributed by atoms with van der Waals surface area (Å²) in [7, 11) is 3.74. The van der Waals surface area contributed by atoms with E-state index < -0.39 is 11.8 Å². The number of likely N-dealkylation sites (tertiary alicyclic amines) is 1. The molecule has 0 saturated carbocycles. The lowest BCUT2D eigenvalue weighted by Crippen LogP contribution is -2.43. The van der Waals surface area contributed by atoms with Crippen LogP contribution in [0, 0.1) is 12.7 Å². The van der Waals surface area contributed by atoms with Crippen LogP contribution in [-0.4, -0.2) is 75.2 Å². The standard InChI is InChI=1S/C28H32FN9O2/c1-17-5-4-6-20(13-17)37(28(31)40)22-8-7-18(14-21(22)29)25-24-26(30)32-16-33-27(24)38(34-25)19-9-11-36(12-10-19)23(39)15-35(2)3/h4-8,13-14,16,19H,9-12,15H2,1-3H3,(H2,31,40)(H2,30,32,33). The number of nitrogens with two attached hydrogens (primary N) is 2. The van der Waals surface area contributed by atoms with Crippen LogP contribution in [0.3, 0.4) is 0 Å².